The van der Waals surface area contributed by atoms with Crippen LogP contribution in [0.5, 0.6) is 0 Å². The molecule has 0 spiro atoms. The van der Waals surface area contributed by atoms with Crippen LogP contribution in [-0.2, 0) is 4.79 Å². The van der Waals surface area contributed by atoms with E-state index >= 15 is 0 Å². The first kappa shape index (κ1) is 16.6. The van der Waals surface area contributed by atoms with Gasteiger partial charge in [0.25, 0.3) is 0 Å². The number of amides is 1. The second-order valence-electron chi connectivity index (χ2n) is 5.77. The molecule has 3 rings (SSSR count). The van der Waals surface area contributed by atoms with Gasteiger partial charge in [0.2, 0.25) is 5.91 Å². The van der Waals surface area contributed by atoms with Crippen LogP contribution in [0.1, 0.15) is 17.7 Å². The topological polar surface area (TPSA) is 92.9 Å². The standard InChI is InChI=1S/C18H18FN5O/c1-10-7-12(8-14(19)17(10)20)18-22-6-4-15(24-18)11(2)23-13-3-5-21-16(25)9-13/h4,6-9,23H,2-3,5,20H2,1H3,(H,21,25). The molecule has 6 nitrogen and oxygen atoms in total. The van der Waals surface area contributed by atoms with Crippen molar-refractivity contribution in [2.75, 3.05) is 12.3 Å². The van der Waals surface area contributed by atoms with E-state index in [1.54, 1.807) is 25.3 Å². The lowest BCUT2D eigenvalue weighted by Gasteiger charge is -2.17. The maximum atomic E-state index is 13.9. The molecule has 1 amide bonds. The van der Waals surface area contributed by atoms with E-state index in [1.807, 2.05) is 0 Å². The highest BCUT2D eigenvalue weighted by atomic mass is 19.1. The number of benzene rings is 1. The summed E-state index contributed by atoms with van der Waals surface area (Å²) >= 11 is 0. The molecular weight excluding hydrogens is 321 g/mol. The molecular formula is C18H18FN5O. The number of nitrogens with two attached hydrogens (primary N) is 1. The van der Waals surface area contributed by atoms with Crippen LogP contribution in [0.15, 0.2) is 42.7 Å². The van der Waals surface area contributed by atoms with E-state index in [9.17, 15) is 9.18 Å². The Morgan fingerprint density at radius 2 is 2.24 bits per heavy atom. The Bertz CT molecular complexity index is 868. The number of aryl methyl sites for hydroxylation is 1. The summed E-state index contributed by atoms with van der Waals surface area (Å²) in [7, 11) is 0. The van der Waals surface area contributed by atoms with Gasteiger partial charge in [-0.1, -0.05) is 6.58 Å². The lowest BCUT2D eigenvalue weighted by molar-refractivity contribution is -0.116. The molecule has 0 saturated heterocycles. The molecule has 0 saturated carbocycles. The van der Waals surface area contributed by atoms with Gasteiger partial charge in [-0.3, -0.25) is 4.79 Å². The summed E-state index contributed by atoms with van der Waals surface area (Å²) in [6.45, 7) is 6.26. The van der Waals surface area contributed by atoms with Gasteiger partial charge in [0, 0.05) is 36.5 Å². The minimum absolute atomic E-state index is 0.119. The summed E-state index contributed by atoms with van der Waals surface area (Å²) in [4.78, 5) is 20.0. The second-order valence-corrected chi connectivity index (χ2v) is 5.77. The number of nitrogen functional groups attached to an aromatic ring is 1. The van der Waals surface area contributed by atoms with Gasteiger partial charge in [-0.15, -0.1) is 0 Å². The summed E-state index contributed by atoms with van der Waals surface area (Å²) in [5, 5.41) is 5.81. The van der Waals surface area contributed by atoms with Gasteiger partial charge in [0.1, 0.15) is 5.82 Å². The van der Waals surface area contributed by atoms with Crippen LogP contribution in [0.3, 0.4) is 0 Å². The molecule has 1 aromatic carbocycles. The van der Waals surface area contributed by atoms with Crippen LogP contribution < -0.4 is 16.4 Å². The molecule has 25 heavy (non-hydrogen) atoms. The number of rotatable bonds is 4. The highest BCUT2D eigenvalue weighted by Gasteiger charge is 2.13. The van der Waals surface area contributed by atoms with Crippen LogP contribution >= 0.6 is 0 Å². The number of nitrogens with one attached hydrogen (secondary N) is 2. The summed E-state index contributed by atoms with van der Waals surface area (Å²) in [6, 6.07) is 4.75. The van der Waals surface area contributed by atoms with Crippen molar-refractivity contribution >= 4 is 17.3 Å². The van der Waals surface area contributed by atoms with Gasteiger partial charge in [0.15, 0.2) is 5.82 Å². The maximum Gasteiger partial charge on any atom is 0.245 e. The monoisotopic (exact) mass is 339 g/mol. The van der Waals surface area contributed by atoms with E-state index in [0.29, 0.717) is 41.3 Å². The molecule has 0 bridgehead atoms. The van der Waals surface area contributed by atoms with Gasteiger partial charge < -0.3 is 16.4 Å². The minimum Gasteiger partial charge on any atom is -0.396 e. The smallest absolute Gasteiger partial charge is 0.245 e. The van der Waals surface area contributed by atoms with Gasteiger partial charge in [-0.05, 0) is 30.7 Å². The fourth-order valence-electron chi connectivity index (χ4n) is 2.51. The number of anilines is 1. The molecule has 7 heteroatoms. The second kappa shape index (κ2) is 6.72. The molecule has 4 N–H and O–H groups in total. The van der Waals surface area contributed by atoms with Crippen molar-refractivity contribution in [3.05, 3.63) is 59.8 Å². The first-order valence-electron chi connectivity index (χ1n) is 7.78. The molecule has 1 aliphatic heterocycles. The summed E-state index contributed by atoms with van der Waals surface area (Å²) in [5.74, 6) is -0.269. The fraction of sp³-hybridized carbons (Fsp3) is 0.167. The van der Waals surface area contributed by atoms with Gasteiger partial charge in [-0.25, -0.2) is 14.4 Å². The fourth-order valence-corrected chi connectivity index (χ4v) is 2.51. The number of hydrogen-bond acceptors (Lipinski definition) is 5. The average Bonchev–Trinajstić information content (AvgIpc) is 2.59. The predicted molar refractivity (Wildman–Crippen MR) is 94.5 cm³/mol. The Kier molecular flexibility index (Phi) is 4.47. The lowest BCUT2D eigenvalue weighted by atomic mass is 10.1. The molecule has 0 fully saturated rings. The van der Waals surface area contributed by atoms with Crippen molar-refractivity contribution < 1.29 is 9.18 Å². The highest BCUT2D eigenvalue weighted by molar-refractivity contribution is 5.89. The van der Waals surface area contributed by atoms with E-state index in [1.165, 1.54) is 12.1 Å². The largest absolute Gasteiger partial charge is 0.396 e. The number of nitrogens with zero attached hydrogens (tertiary/aromatic N) is 2. The van der Waals surface area contributed by atoms with Gasteiger partial charge in [-0.2, -0.15) is 0 Å². The number of carbonyl (C=O) groups excluding carboxylic acids is 1. The van der Waals surface area contributed by atoms with Crippen molar-refractivity contribution in [3.63, 3.8) is 0 Å². The van der Waals surface area contributed by atoms with Gasteiger partial charge >= 0.3 is 0 Å². The van der Waals surface area contributed by atoms with Crippen molar-refractivity contribution in [3.8, 4) is 11.4 Å². The normalized spacial score (nSPS) is 13.8. The molecule has 2 heterocycles. The number of hydrogen-bond donors (Lipinski definition) is 3. The minimum atomic E-state index is -0.501. The zero-order valence-corrected chi connectivity index (χ0v) is 13.8. The summed E-state index contributed by atoms with van der Waals surface area (Å²) in [5.41, 5.74) is 8.79. The first-order valence-corrected chi connectivity index (χ1v) is 7.78. The van der Waals surface area contributed by atoms with E-state index < -0.39 is 5.82 Å². The quantitative estimate of drug-likeness (QED) is 0.742. The molecule has 1 aromatic heterocycles. The van der Waals surface area contributed by atoms with Gasteiger partial charge in [0.05, 0.1) is 17.1 Å². The van der Waals surface area contributed by atoms with E-state index in [4.69, 9.17) is 5.73 Å². The van der Waals surface area contributed by atoms with Crippen LogP contribution in [0.25, 0.3) is 17.1 Å². The predicted octanol–water partition coefficient (Wildman–Crippen LogP) is 2.14. The van der Waals surface area contributed by atoms with Crippen molar-refractivity contribution in [1.29, 1.82) is 0 Å². The van der Waals surface area contributed by atoms with Crippen molar-refractivity contribution in [2.45, 2.75) is 13.3 Å². The maximum absolute atomic E-state index is 13.9. The van der Waals surface area contributed by atoms with E-state index in [-0.39, 0.29) is 11.6 Å². The third kappa shape index (κ3) is 3.65. The van der Waals surface area contributed by atoms with Crippen LogP contribution in [0, 0.1) is 12.7 Å². The highest BCUT2D eigenvalue weighted by Crippen LogP contribution is 2.24. The van der Waals surface area contributed by atoms with Crippen molar-refractivity contribution in [1.82, 2.24) is 20.6 Å². The Labute approximate surface area is 144 Å². The Balaban J connectivity index is 1.86. The number of aromatic nitrogens is 2. The SMILES string of the molecule is C=C(NC1=CC(=O)NCC1)c1ccnc(-c2cc(C)c(N)c(F)c2)n1. The number of halogens is 1. The summed E-state index contributed by atoms with van der Waals surface area (Å²) in [6.07, 6.45) is 3.76. The Morgan fingerprint density at radius 3 is 2.96 bits per heavy atom. The molecule has 0 aliphatic carbocycles. The van der Waals surface area contributed by atoms with Crippen LogP contribution in [-0.4, -0.2) is 22.4 Å². The van der Waals surface area contributed by atoms with Crippen molar-refractivity contribution in [2.24, 2.45) is 0 Å². The molecule has 1 aliphatic rings. The molecule has 128 valence electrons. The molecule has 0 atom stereocenters. The Morgan fingerprint density at radius 1 is 1.44 bits per heavy atom. The third-order valence-electron chi connectivity index (χ3n) is 3.87. The zero-order chi connectivity index (χ0) is 18.0. The molecule has 0 radical (unpaired) electrons. The molecule has 0 unspecified atom stereocenters. The first-order chi connectivity index (χ1) is 11.9. The lowest BCUT2D eigenvalue weighted by Crippen LogP contribution is -2.30. The van der Waals surface area contributed by atoms with Crippen LogP contribution in [0.2, 0.25) is 0 Å². The number of carbonyl (C=O) groups is 1. The summed E-state index contributed by atoms with van der Waals surface area (Å²) < 4.78 is 13.9. The molecule has 2 aromatic rings. The Hall–Kier alpha value is -3.22. The third-order valence-corrected chi connectivity index (χ3v) is 3.87. The zero-order valence-electron chi connectivity index (χ0n) is 13.8. The van der Waals surface area contributed by atoms with E-state index in [2.05, 4.69) is 27.2 Å². The van der Waals surface area contributed by atoms with E-state index in [0.717, 1.165) is 5.70 Å². The van der Waals surface area contributed by atoms with Crippen LogP contribution in [0.4, 0.5) is 10.1 Å². The average molecular weight is 339 g/mol.